The lowest BCUT2D eigenvalue weighted by Crippen LogP contribution is -2.21. The number of nitrogens with zero attached hydrogens (tertiary/aromatic N) is 1. The van der Waals surface area contributed by atoms with E-state index in [1.807, 2.05) is 0 Å². The minimum Gasteiger partial charge on any atom is -0.279 e. The van der Waals surface area contributed by atoms with Crippen LogP contribution in [0, 0.1) is 0 Å². The monoisotopic (exact) mass is 182 g/mol. The maximum absolute atomic E-state index is 10.7. The summed E-state index contributed by atoms with van der Waals surface area (Å²) in [5.41, 5.74) is 0.451. The van der Waals surface area contributed by atoms with Crippen LogP contribution < -0.4 is 4.42 Å². The Balaban J connectivity index is 2.85. The average molecular weight is 183 g/mol. The Bertz CT molecular complexity index is 286. The molecule has 12 heavy (non-hydrogen) atoms. The second-order valence-electron chi connectivity index (χ2n) is 2.02. The molecule has 0 spiro atoms. The molecule has 3 nitrogen and oxygen atoms in total. The van der Waals surface area contributed by atoms with Gasteiger partial charge >= 0.3 is 5.91 Å². The minimum absolute atomic E-state index is 0.451. The lowest BCUT2D eigenvalue weighted by molar-refractivity contribution is -0.111. The molecule has 0 aromatic heterocycles. The van der Waals surface area contributed by atoms with Gasteiger partial charge in [0.1, 0.15) is 0 Å². The molecule has 0 aliphatic carbocycles. The molecule has 0 bridgehead atoms. The van der Waals surface area contributed by atoms with Crippen LogP contribution in [0.3, 0.4) is 0 Å². The maximum Gasteiger partial charge on any atom is 0.317 e. The van der Waals surface area contributed by atoms with Gasteiger partial charge in [0.2, 0.25) is 0 Å². The molecule has 0 fully saturated rings. The van der Waals surface area contributed by atoms with Gasteiger partial charge in [0.15, 0.2) is 0 Å². The van der Waals surface area contributed by atoms with Crippen LogP contribution in [0.1, 0.15) is 0 Å². The Morgan fingerprint density at radius 1 is 1.33 bits per heavy atom. The van der Waals surface area contributed by atoms with Gasteiger partial charge in [-0.3, -0.25) is 9.59 Å². The fourth-order valence-electron chi connectivity index (χ4n) is 0.716. The molecule has 0 saturated heterocycles. The Hall–Kier alpha value is -1.35. The fraction of sp³-hybridized carbons (Fsp3) is 0. The number of anilines is 1. The number of benzene rings is 1. The van der Waals surface area contributed by atoms with E-state index < -0.39 is 5.91 Å². The third-order valence-corrected chi connectivity index (χ3v) is 1.60. The molecule has 0 atom stereocenters. The summed E-state index contributed by atoms with van der Waals surface area (Å²) in [4.78, 5) is 20.6. The first kappa shape index (κ1) is 8.74. The molecule has 1 aromatic rings. The van der Waals surface area contributed by atoms with Crippen LogP contribution in [0.15, 0.2) is 30.3 Å². The summed E-state index contributed by atoms with van der Waals surface area (Å²) in [6.07, 6.45) is 1.17. The molecule has 0 N–H and O–H groups in total. The lowest BCUT2D eigenvalue weighted by Gasteiger charge is -2.08. The van der Waals surface area contributed by atoms with Gasteiger partial charge in [-0.15, -0.1) is 0 Å². The van der Waals surface area contributed by atoms with Crippen molar-refractivity contribution < 1.29 is 9.59 Å². The predicted molar refractivity (Wildman–Crippen MR) is 45.5 cm³/mol. The first-order valence-electron chi connectivity index (χ1n) is 3.19. The molecule has 1 aromatic carbocycles. The van der Waals surface area contributed by atoms with Crippen molar-refractivity contribution in [3.63, 3.8) is 0 Å². The maximum atomic E-state index is 10.7. The van der Waals surface area contributed by atoms with Gasteiger partial charge in [0.25, 0.3) is 6.29 Å². The molecule has 1 rings (SSSR count). The molecule has 61 valence electrons. The molecule has 1 amide bonds. The van der Waals surface area contributed by atoms with Crippen LogP contribution in [-0.4, -0.2) is 12.2 Å². The number of carbonyl (C=O) groups excluding carboxylic acids is 2. The Morgan fingerprint density at radius 2 is 1.92 bits per heavy atom. The summed E-state index contributed by atoms with van der Waals surface area (Å²) in [5.74, 6) is -0.900. The number of para-hydroxylation sites is 1. The number of carbonyl (C=O) groups is 1. The van der Waals surface area contributed by atoms with Gasteiger partial charge < -0.3 is 0 Å². The van der Waals surface area contributed by atoms with Crippen molar-refractivity contribution in [2.45, 2.75) is 0 Å². The van der Waals surface area contributed by atoms with E-state index in [9.17, 15) is 9.59 Å². The van der Waals surface area contributed by atoms with Gasteiger partial charge in [-0.05, 0) is 12.1 Å². The average Bonchev–Trinajstić information content (AvgIpc) is 2.17. The summed E-state index contributed by atoms with van der Waals surface area (Å²) in [7, 11) is 0. The van der Waals surface area contributed by atoms with Crippen molar-refractivity contribution in [1.82, 2.24) is 0 Å². The number of hydrogen-bond acceptors (Lipinski definition) is 2. The summed E-state index contributed by atoms with van der Waals surface area (Å²) >= 11 is 5.48. The third-order valence-electron chi connectivity index (χ3n) is 1.25. The summed E-state index contributed by atoms with van der Waals surface area (Å²) in [5, 5.41) is 0. The highest BCUT2D eigenvalue weighted by Gasteiger charge is 2.11. The van der Waals surface area contributed by atoms with E-state index in [0.29, 0.717) is 10.1 Å². The zero-order valence-electron chi connectivity index (χ0n) is 6.03. The molecule has 0 saturated carbocycles. The van der Waals surface area contributed by atoms with E-state index in [0.717, 1.165) is 0 Å². The van der Waals surface area contributed by atoms with Crippen molar-refractivity contribution in [2.24, 2.45) is 0 Å². The van der Waals surface area contributed by atoms with Gasteiger partial charge in [0, 0.05) is 11.8 Å². The summed E-state index contributed by atoms with van der Waals surface area (Å²) in [6, 6.07) is 8.43. The van der Waals surface area contributed by atoms with Crippen LogP contribution in [0.25, 0.3) is 0 Å². The molecule has 1 radical (unpaired) electrons. The highest BCUT2D eigenvalue weighted by Crippen LogP contribution is 2.14. The molecular weight excluding hydrogens is 178 g/mol. The van der Waals surface area contributed by atoms with Crippen molar-refractivity contribution in [2.75, 3.05) is 4.42 Å². The standard InChI is InChI=1S/C8H5ClNO2/c9-10(8(12)6-11)7-4-2-1-3-5-7/h1-5H. The van der Waals surface area contributed by atoms with Crippen molar-refractivity contribution in [3.8, 4) is 0 Å². The molecule has 0 aliphatic rings. The van der Waals surface area contributed by atoms with E-state index in [4.69, 9.17) is 11.8 Å². The molecule has 0 aliphatic heterocycles. The van der Waals surface area contributed by atoms with E-state index in [1.165, 1.54) is 6.29 Å². The quantitative estimate of drug-likeness (QED) is 0.511. The highest BCUT2D eigenvalue weighted by atomic mass is 35.5. The SMILES string of the molecule is O=[C]C(=O)N(Cl)c1ccccc1. The van der Waals surface area contributed by atoms with Gasteiger partial charge in [-0.25, -0.2) is 4.42 Å². The largest absolute Gasteiger partial charge is 0.317 e. The van der Waals surface area contributed by atoms with Crippen LogP contribution >= 0.6 is 11.8 Å². The van der Waals surface area contributed by atoms with Crippen LogP contribution in [-0.2, 0) is 9.59 Å². The van der Waals surface area contributed by atoms with Crippen LogP contribution in [0.4, 0.5) is 5.69 Å². The number of hydrogen-bond donors (Lipinski definition) is 0. The topological polar surface area (TPSA) is 37.4 Å². The fourth-order valence-corrected chi connectivity index (χ4v) is 0.863. The van der Waals surface area contributed by atoms with Crippen LogP contribution in [0.5, 0.6) is 0 Å². The van der Waals surface area contributed by atoms with Gasteiger partial charge in [-0.1, -0.05) is 18.2 Å². The van der Waals surface area contributed by atoms with Gasteiger partial charge in [0.05, 0.1) is 5.69 Å². The summed E-state index contributed by atoms with van der Waals surface area (Å²) in [6.45, 7) is 0. The molecular formula is C8H5ClNO2. The van der Waals surface area contributed by atoms with Crippen LogP contribution in [0.2, 0.25) is 0 Å². The lowest BCUT2D eigenvalue weighted by atomic mass is 10.3. The number of rotatable bonds is 2. The summed E-state index contributed by atoms with van der Waals surface area (Å²) < 4.78 is 0.715. The first-order valence-corrected chi connectivity index (χ1v) is 3.52. The normalized spacial score (nSPS) is 9.08. The smallest absolute Gasteiger partial charge is 0.279 e. The minimum atomic E-state index is -0.900. The first-order chi connectivity index (χ1) is 5.75. The van der Waals surface area contributed by atoms with Gasteiger partial charge in [-0.2, -0.15) is 0 Å². The third kappa shape index (κ3) is 1.83. The van der Waals surface area contributed by atoms with Crippen molar-refractivity contribution >= 4 is 29.7 Å². The Labute approximate surface area is 74.7 Å². The second kappa shape index (κ2) is 3.88. The number of halogens is 1. The number of amides is 1. The molecule has 4 heteroatoms. The van der Waals surface area contributed by atoms with Crippen molar-refractivity contribution in [1.29, 1.82) is 0 Å². The second-order valence-corrected chi connectivity index (χ2v) is 2.36. The molecule has 0 unspecified atom stereocenters. The highest BCUT2D eigenvalue weighted by molar-refractivity contribution is 6.47. The van der Waals surface area contributed by atoms with E-state index in [-0.39, 0.29) is 0 Å². The van der Waals surface area contributed by atoms with E-state index in [1.54, 1.807) is 30.3 Å². The van der Waals surface area contributed by atoms with E-state index in [2.05, 4.69) is 0 Å². The predicted octanol–water partition coefficient (Wildman–Crippen LogP) is 1.28. The van der Waals surface area contributed by atoms with E-state index >= 15 is 0 Å². The zero-order chi connectivity index (χ0) is 8.97. The Morgan fingerprint density at radius 3 is 2.42 bits per heavy atom. The Kier molecular flexibility index (Phi) is 2.82. The zero-order valence-corrected chi connectivity index (χ0v) is 6.78. The molecule has 0 heterocycles. The van der Waals surface area contributed by atoms with Crippen molar-refractivity contribution in [3.05, 3.63) is 30.3 Å².